The Hall–Kier alpha value is -3.88. The highest BCUT2D eigenvalue weighted by atomic mass is 35.5. The van der Waals surface area contributed by atoms with E-state index in [9.17, 15) is 4.39 Å². The quantitative estimate of drug-likeness (QED) is 0.420. The van der Waals surface area contributed by atoms with Gasteiger partial charge in [-0.2, -0.15) is 4.39 Å². The predicted octanol–water partition coefficient (Wildman–Crippen LogP) is 4.81. The third-order valence-electron chi connectivity index (χ3n) is 6.03. The molecule has 0 radical (unpaired) electrons. The Morgan fingerprint density at radius 1 is 1.00 bits per heavy atom. The standard InChI is InChI=1S/C25H17ClFN5O2/c26-21-10-18-20(12-31-21)34-19-6-5-14(16-4-2-8-30-23(16)27)9-17(19)25(18)13-33-22(24(28)32-25)15-3-1-7-29-11-15/h1-12,22H,13H2,(H2,28,32)/t22-,25+/m0/s1. The van der Waals surface area contributed by atoms with Crippen molar-refractivity contribution < 1.29 is 13.9 Å². The Bertz CT molecular complexity index is 1450. The molecule has 0 saturated heterocycles. The molecule has 0 bridgehead atoms. The van der Waals surface area contributed by atoms with Gasteiger partial charge in [-0.15, -0.1) is 0 Å². The van der Waals surface area contributed by atoms with Crippen molar-refractivity contribution >= 4 is 17.4 Å². The third-order valence-corrected chi connectivity index (χ3v) is 6.24. The summed E-state index contributed by atoms with van der Waals surface area (Å²) in [5, 5.41) is 0.280. The molecule has 0 unspecified atom stereocenters. The lowest BCUT2D eigenvalue weighted by atomic mass is 9.79. The van der Waals surface area contributed by atoms with Crippen LogP contribution < -0.4 is 10.5 Å². The normalized spacial score (nSPS) is 20.8. The lowest BCUT2D eigenvalue weighted by molar-refractivity contribution is 0.0483. The molecule has 0 amide bonds. The number of amidine groups is 1. The highest BCUT2D eigenvalue weighted by Crippen LogP contribution is 2.52. The molecule has 0 aliphatic carbocycles. The molecule has 1 spiro atoms. The number of halogens is 2. The van der Waals surface area contributed by atoms with E-state index in [1.165, 1.54) is 6.20 Å². The van der Waals surface area contributed by atoms with Gasteiger partial charge < -0.3 is 15.2 Å². The van der Waals surface area contributed by atoms with Gasteiger partial charge in [0.25, 0.3) is 0 Å². The Balaban J connectivity index is 1.56. The summed E-state index contributed by atoms with van der Waals surface area (Å²) in [6.45, 7) is 0.149. The first-order valence-corrected chi connectivity index (χ1v) is 10.9. The van der Waals surface area contributed by atoms with E-state index in [1.54, 1.807) is 48.9 Å². The van der Waals surface area contributed by atoms with Crippen LogP contribution in [0.2, 0.25) is 5.15 Å². The van der Waals surface area contributed by atoms with Gasteiger partial charge in [-0.05, 0) is 42.0 Å². The summed E-state index contributed by atoms with van der Waals surface area (Å²) in [6.07, 6.45) is 5.79. The van der Waals surface area contributed by atoms with Crippen LogP contribution in [0.4, 0.5) is 4.39 Å². The van der Waals surface area contributed by atoms with Crippen molar-refractivity contribution in [2.45, 2.75) is 11.6 Å². The first kappa shape index (κ1) is 20.7. The number of aromatic nitrogens is 3. The van der Waals surface area contributed by atoms with Gasteiger partial charge in [0.05, 0.1) is 12.8 Å². The Labute approximate surface area is 199 Å². The lowest BCUT2D eigenvalue weighted by Gasteiger charge is -2.41. The number of hydrogen-bond acceptors (Lipinski definition) is 7. The molecule has 6 rings (SSSR count). The molecule has 2 N–H and O–H groups in total. The average Bonchev–Trinajstić information content (AvgIpc) is 2.86. The topological polar surface area (TPSA) is 95.5 Å². The van der Waals surface area contributed by atoms with Crippen LogP contribution in [0.3, 0.4) is 0 Å². The maximum Gasteiger partial charge on any atom is 0.220 e. The minimum Gasteiger partial charge on any atom is -0.455 e. The molecule has 9 heteroatoms. The fraction of sp³-hybridized carbons (Fsp3) is 0.120. The molecule has 2 atom stereocenters. The summed E-state index contributed by atoms with van der Waals surface area (Å²) >= 11 is 6.26. The number of ether oxygens (including phenoxy) is 2. The van der Waals surface area contributed by atoms with E-state index < -0.39 is 17.6 Å². The predicted molar refractivity (Wildman–Crippen MR) is 124 cm³/mol. The SMILES string of the molecule is NC1=N[C@]2(CO[C@H]1c1cccnc1)c1cc(-c3cccnc3F)ccc1Oc1cnc(Cl)cc12. The zero-order valence-corrected chi connectivity index (χ0v) is 18.4. The van der Waals surface area contributed by atoms with E-state index in [0.29, 0.717) is 33.8 Å². The van der Waals surface area contributed by atoms with E-state index in [4.69, 9.17) is 31.8 Å². The number of rotatable bonds is 2. The van der Waals surface area contributed by atoms with Crippen molar-refractivity contribution in [3.8, 4) is 22.6 Å². The minimum absolute atomic E-state index is 0.149. The Morgan fingerprint density at radius 2 is 1.85 bits per heavy atom. The fourth-order valence-electron chi connectivity index (χ4n) is 4.47. The van der Waals surface area contributed by atoms with Crippen LogP contribution in [0.1, 0.15) is 22.8 Å². The van der Waals surface area contributed by atoms with Gasteiger partial charge in [-0.25, -0.2) is 9.97 Å². The third kappa shape index (κ3) is 3.22. The van der Waals surface area contributed by atoms with E-state index in [1.807, 2.05) is 18.2 Å². The van der Waals surface area contributed by atoms with Crippen LogP contribution in [0.5, 0.6) is 11.5 Å². The van der Waals surface area contributed by atoms with E-state index >= 15 is 0 Å². The van der Waals surface area contributed by atoms with Gasteiger partial charge in [0.2, 0.25) is 5.95 Å². The van der Waals surface area contributed by atoms with Gasteiger partial charge in [0.1, 0.15) is 28.4 Å². The van der Waals surface area contributed by atoms with Crippen LogP contribution in [0.25, 0.3) is 11.1 Å². The monoisotopic (exact) mass is 473 g/mol. The summed E-state index contributed by atoms with van der Waals surface area (Å²) < 4.78 is 26.9. The first-order chi connectivity index (χ1) is 16.5. The number of nitrogens with two attached hydrogens (primary N) is 1. The number of aliphatic imine (C=N–C) groups is 1. The lowest BCUT2D eigenvalue weighted by Crippen LogP contribution is -2.43. The van der Waals surface area contributed by atoms with Crippen molar-refractivity contribution in [1.29, 1.82) is 0 Å². The number of benzene rings is 1. The van der Waals surface area contributed by atoms with Crippen LogP contribution in [0, 0.1) is 5.95 Å². The summed E-state index contributed by atoms with van der Waals surface area (Å²) in [5.74, 6) is 0.756. The van der Waals surface area contributed by atoms with E-state index in [-0.39, 0.29) is 17.6 Å². The van der Waals surface area contributed by atoms with Crippen molar-refractivity contribution in [2.75, 3.05) is 6.61 Å². The molecule has 0 fully saturated rings. The van der Waals surface area contributed by atoms with E-state index in [0.717, 1.165) is 5.56 Å². The molecule has 2 aliphatic rings. The largest absolute Gasteiger partial charge is 0.455 e. The van der Waals surface area contributed by atoms with Crippen molar-refractivity contribution in [3.05, 3.63) is 101 Å². The maximum atomic E-state index is 14.5. The molecule has 3 aromatic heterocycles. The number of hydrogen-bond donors (Lipinski definition) is 1. The summed E-state index contributed by atoms with van der Waals surface area (Å²) in [7, 11) is 0. The molecular formula is C25H17ClFN5O2. The highest BCUT2D eigenvalue weighted by molar-refractivity contribution is 6.29. The zero-order valence-electron chi connectivity index (χ0n) is 17.7. The molecule has 1 aromatic carbocycles. The van der Waals surface area contributed by atoms with Crippen LogP contribution in [-0.2, 0) is 10.3 Å². The number of nitrogens with zero attached hydrogens (tertiary/aromatic N) is 4. The van der Waals surface area contributed by atoms with Crippen LogP contribution in [-0.4, -0.2) is 27.4 Å². The Kier molecular flexibility index (Phi) is 4.79. The summed E-state index contributed by atoms with van der Waals surface area (Å²) in [6, 6.07) is 14.1. The molecule has 4 aromatic rings. The highest BCUT2D eigenvalue weighted by Gasteiger charge is 2.47. The number of pyridine rings is 3. The van der Waals surface area contributed by atoms with Crippen molar-refractivity contribution in [1.82, 2.24) is 15.0 Å². The van der Waals surface area contributed by atoms with Crippen molar-refractivity contribution in [3.63, 3.8) is 0 Å². The Morgan fingerprint density at radius 3 is 2.65 bits per heavy atom. The molecule has 5 heterocycles. The van der Waals surface area contributed by atoms with Gasteiger partial charge in [-0.1, -0.05) is 23.7 Å². The molecule has 0 saturated carbocycles. The maximum absolute atomic E-state index is 14.5. The van der Waals surface area contributed by atoms with Crippen LogP contribution in [0.15, 0.2) is 78.3 Å². The second-order valence-electron chi connectivity index (χ2n) is 8.03. The first-order valence-electron chi connectivity index (χ1n) is 10.5. The van der Waals surface area contributed by atoms with Gasteiger partial charge in [0, 0.05) is 40.8 Å². The van der Waals surface area contributed by atoms with Gasteiger partial charge >= 0.3 is 0 Å². The minimum atomic E-state index is -1.06. The fourth-order valence-corrected chi connectivity index (χ4v) is 4.63. The zero-order chi connectivity index (χ0) is 23.3. The van der Waals surface area contributed by atoms with Gasteiger partial charge in [-0.3, -0.25) is 9.98 Å². The van der Waals surface area contributed by atoms with E-state index in [2.05, 4.69) is 15.0 Å². The summed E-state index contributed by atoms with van der Waals surface area (Å²) in [5.41, 5.74) is 8.54. The smallest absolute Gasteiger partial charge is 0.220 e. The number of fused-ring (bicyclic) bond motifs is 4. The second-order valence-corrected chi connectivity index (χ2v) is 8.42. The second kappa shape index (κ2) is 7.86. The average molecular weight is 474 g/mol. The molecular weight excluding hydrogens is 457 g/mol. The van der Waals surface area contributed by atoms with Gasteiger partial charge in [0.15, 0.2) is 5.75 Å². The molecule has 7 nitrogen and oxygen atoms in total. The van der Waals surface area contributed by atoms with Crippen LogP contribution >= 0.6 is 11.6 Å². The molecule has 168 valence electrons. The molecule has 34 heavy (non-hydrogen) atoms. The van der Waals surface area contributed by atoms with Crippen molar-refractivity contribution in [2.24, 2.45) is 10.7 Å². The molecule has 2 aliphatic heterocycles. The summed E-state index contributed by atoms with van der Waals surface area (Å²) in [4.78, 5) is 17.1.